The van der Waals surface area contributed by atoms with Crippen LogP contribution in [0.15, 0.2) is 73.4 Å². The third-order valence-corrected chi connectivity index (χ3v) is 5.59. The molecule has 4 aromatic rings. The standard InChI is InChI=1S/C17H15ClFN3O.C5H3ClIN.C3H7.BrH.Mg/c1-11(12-2-4-14(19)5-3-12)22-10-20-9-15(22)17(23)13-6-7-21-16(18)8-13;6-5-3-4(7)1-2-8-5;1-3-2;;/h2-11,17,23H,1H3;1-3H;3H,1-2H3;1H;/q;;-1;;+2/p-1/t11-,17?;;;;/m1..../s1. The van der Waals surface area contributed by atoms with Gasteiger partial charge in [-0.15, -0.1) is 0 Å². The van der Waals surface area contributed by atoms with Crippen LogP contribution in [-0.4, -0.2) is 47.7 Å². The Morgan fingerprint density at radius 3 is 2.03 bits per heavy atom. The molecule has 1 aromatic carbocycles. The molecule has 1 N–H and O–H groups in total. The first-order chi connectivity index (χ1) is 16.3. The van der Waals surface area contributed by atoms with E-state index in [-0.39, 0.29) is 51.9 Å². The number of hydrogen-bond acceptors (Lipinski definition) is 4. The fraction of sp³-hybridized carbons (Fsp3) is 0.200. The van der Waals surface area contributed by atoms with Crippen LogP contribution in [0.3, 0.4) is 0 Å². The summed E-state index contributed by atoms with van der Waals surface area (Å²) in [6.45, 7) is 5.96. The zero-order chi connectivity index (χ0) is 25.1. The molecule has 3 heterocycles. The van der Waals surface area contributed by atoms with Crippen LogP contribution < -0.4 is 17.0 Å². The van der Waals surface area contributed by atoms with Crippen LogP contribution in [0.1, 0.15) is 49.7 Å². The Balaban J connectivity index is 0.000000794. The first-order valence-corrected chi connectivity index (χ1v) is 12.2. The molecule has 0 bridgehead atoms. The Hall–Kier alpha value is -0.824. The van der Waals surface area contributed by atoms with Crippen molar-refractivity contribution < 1.29 is 26.5 Å². The fourth-order valence-corrected chi connectivity index (χ4v) is 3.89. The number of pyridine rings is 2. The summed E-state index contributed by atoms with van der Waals surface area (Å²) in [6, 6.07) is 13.2. The van der Waals surface area contributed by atoms with E-state index in [1.807, 2.05) is 43.9 Å². The fourth-order valence-electron chi connectivity index (χ4n) is 2.89. The third-order valence-electron chi connectivity index (χ3n) is 4.50. The number of aliphatic hydroxyl groups is 1. The van der Waals surface area contributed by atoms with Crippen LogP contribution >= 0.6 is 45.8 Å². The summed E-state index contributed by atoms with van der Waals surface area (Å²) >= 11 is 13.6. The van der Waals surface area contributed by atoms with E-state index >= 15 is 0 Å². The quantitative estimate of drug-likeness (QED) is 0.150. The Morgan fingerprint density at radius 1 is 0.972 bits per heavy atom. The van der Waals surface area contributed by atoms with Gasteiger partial charge >= 0.3 is 23.1 Å². The van der Waals surface area contributed by atoms with Crippen LogP contribution in [0.4, 0.5) is 4.39 Å². The molecule has 1 unspecified atom stereocenters. The van der Waals surface area contributed by atoms with Gasteiger partial charge in [-0.25, -0.2) is 19.3 Å². The molecule has 3 aromatic heterocycles. The van der Waals surface area contributed by atoms with Crippen LogP contribution in [0.25, 0.3) is 0 Å². The number of nitrogens with zero attached hydrogens (tertiary/aromatic N) is 4. The van der Waals surface area contributed by atoms with E-state index in [1.165, 1.54) is 12.1 Å². The molecule has 188 valence electrons. The van der Waals surface area contributed by atoms with Crippen LogP contribution in [-0.2, 0) is 0 Å². The van der Waals surface area contributed by atoms with E-state index in [2.05, 4.69) is 37.5 Å². The number of aliphatic hydroxyl groups excluding tert-OH is 1. The third kappa shape index (κ3) is 11.3. The van der Waals surface area contributed by atoms with E-state index in [0.717, 1.165) is 9.13 Å². The van der Waals surface area contributed by atoms with Gasteiger partial charge in [0.2, 0.25) is 0 Å². The van der Waals surface area contributed by atoms with Gasteiger partial charge in [0.25, 0.3) is 0 Å². The molecule has 11 heteroatoms. The molecule has 5 nitrogen and oxygen atoms in total. The molecule has 0 saturated heterocycles. The zero-order valence-electron chi connectivity index (χ0n) is 20.0. The van der Waals surface area contributed by atoms with Gasteiger partial charge in [-0.05, 0) is 77.0 Å². The minimum absolute atomic E-state index is 0. The van der Waals surface area contributed by atoms with E-state index in [4.69, 9.17) is 23.2 Å². The average molecular weight is 719 g/mol. The minimum Gasteiger partial charge on any atom is -1.00 e. The molecule has 0 aliphatic heterocycles. The van der Waals surface area contributed by atoms with Crippen molar-refractivity contribution in [1.82, 2.24) is 19.5 Å². The van der Waals surface area contributed by atoms with Gasteiger partial charge in [0.15, 0.2) is 0 Å². The molecule has 36 heavy (non-hydrogen) atoms. The molecule has 0 aliphatic rings. The smallest absolute Gasteiger partial charge is 1.00 e. The predicted octanol–water partition coefficient (Wildman–Crippen LogP) is 3.95. The second-order valence-corrected chi connectivity index (χ2v) is 9.16. The van der Waals surface area contributed by atoms with Gasteiger partial charge in [0.1, 0.15) is 22.2 Å². The topological polar surface area (TPSA) is 63.8 Å². The molecule has 2 atom stereocenters. The van der Waals surface area contributed by atoms with Crippen molar-refractivity contribution >= 4 is 68.8 Å². The predicted molar refractivity (Wildman–Crippen MR) is 149 cm³/mol. The zero-order valence-corrected chi connectivity index (χ0v) is 26.7. The Morgan fingerprint density at radius 2 is 1.53 bits per heavy atom. The number of halogens is 5. The molecule has 0 radical (unpaired) electrons. The van der Waals surface area contributed by atoms with Crippen molar-refractivity contribution in [1.29, 1.82) is 0 Å². The first-order valence-electron chi connectivity index (χ1n) is 10.3. The largest absolute Gasteiger partial charge is 2.00 e. The molecule has 4 rings (SSSR count). The van der Waals surface area contributed by atoms with Crippen molar-refractivity contribution in [2.24, 2.45) is 0 Å². The van der Waals surface area contributed by atoms with Gasteiger partial charge in [-0.3, -0.25) is 0 Å². The maximum absolute atomic E-state index is 13.1. The minimum atomic E-state index is -0.874. The molecule has 0 amide bonds. The summed E-state index contributed by atoms with van der Waals surface area (Å²) < 4.78 is 16.0. The second-order valence-electron chi connectivity index (χ2n) is 7.14. The Kier molecular flexibility index (Phi) is 18.0. The van der Waals surface area contributed by atoms with Gasteiger partial charge in [-0.1, -0.05) is 35.3 Å². The molecular formula is C25H25BrCl2FIMgN4O. The van der Waals surface area contributed by atoms with Crippen molar-refractivity contribution in [3.8, 4) is 0 Å². The SMILES string of the molecule is C[C@H](c1ccc(F)cc1)n1cncc1C(O)c1ccnc(Cl)c1.C[CH-]C.Clc1cc(I)ccn1.[Br-].[Mg+2]. The summed E-state index contributed by atoms with van der Waals surface area (Å²) in [5.74, 6) is -0.279. The van der Waals surface area contributed by atoms with E-state index in [0.29, 0.717) is 21.6 Å². The summed E-state index contributed by atoms with van der Waals surface area (Å²) in [5.41, 5.74) is 2.19. The van der Waals surface area contributed by atoms with Crippen LogP contribution in [0, 0.1) is 15.8 Å². The maximum atomic E-state index is 13.1. The summed E-state index contributed by atoms with van der Waals surface area (Å²) in [5, 5.41) is 11.5. The Bertz CT molecular complexity index is 1150. The number of hydrogen-bond donors (Lipinski definition) is 1. The molecule has 0 spiro atoms. The van der Waals surface area contributed by atoms with Gasteiger partial charge in [0.05, 0.1) is 24.3 Å². The second kappa shape index (κ2) is 18.4. The van der Waals surface area contributed by atoms with Crippen LogP contribution in [0.5, 0.6) is 0 Å². The summed E-state index contributed by atoms with van der Waals surface area (Å²) in [7, 11) is 0. The monoisotopic (exact) mass is 716 g/mol. The Labute approximate surface area is 261 Å². The average Bonchev–Trinajstić information content (AvgIpc) is 3.29. The van der Waals surface area contributed by atoms with Crippen molar-refractivity contribution in [2.45, 2.75) is 32.9 Å². The van der Waals surface area contributed by atoms with Crippen molar-refractivity contribution in [3.05, 3.63) is 116 Å². The number of imidazole rings is 1. The number of benzene rings is 1. The van der Waals surface area contributed by atoms with Gasteiger partial charge in [-0.2, -0.15) is 13.8 Å². The summed E-state index contributed by atoms with van der Waals surface area (Å²) in [4.78, 5) is 11.8. The molecule has 0 fully saturated rings. The van der Waals surface area contributed by atoms with Crippen molar-refractivity contribution in [2.75, 3.05) is 0 Å². The van der Waals surface area contributed by atoms with E-state index in [1.54, 1.807) is 49.2 Å². The number of aromatic nitrogens is 4. The van der Waals surface area contributed by atoms with Gasteiger partial charge in [0, 0.05) is 16.0 Å². The van der Waals surface area contributed by atoms with Crippen molar-refractivity contribution in [3.63, 3.8) is 0 Å². The van der Waals surface area contributed by atoms with Gasteiger partial charge < -0.3 is 33.1 Å². The molecular weight excluding hydrogens is 693 g/mol. The summed E-state index contributed by atoms with van der Waals surface area (Å²) in [6.07, 6.45) is 7.62. The molecule has 0 saturated carbocycles. The maximum Gasteiger partial charge on any atom is 2.00 e. The first kappa shape index (κ1) is 35.2. The molecule has 0 aliphatic carbocycles. The normalized spacial score (nSPS) is 11.3. The number of rotatable bonds is 4. The van der Waals surface area contributed by atoms with E-state index < -0.39 is 6.10 Å². The van der Waals surface area contributed by atoms with Crippen LogP contribution in [0.2, 0.25) is 10.3 Å². The van der Waals surface area contributed by atoms with E-state index in [9.17, 15) is 9.50 Å².